The normalized spacial score (nSPS) is 27.1. The summed E-state index contributed by atoms with van der Waals surface area (Å²) in [4.78, 5) is 13.0. The van der Waals surface area contributed by atoms with Crippen molar-refractivity contribution in [2.75, 3.05) is 14.2 Å². The van der Waals surface area contributed by atoms with Gasteiger partial charge in [0.25, 0.3) is 0 Å². The highest BCUT2D eigenvalue weighted by atomic mass is 16.5. The van der Waals surface area contributed by atoms with E-state index in [1.54, 1.807) is 19.1 Å². The second-order valence-electron chi connectivity index (χ2n) is 4.78. The second kappa shape index (κ2) is 3.48. The standard InChI is InChI=1S/C10H19N3O2/c1-9(2,15-5)6-10(3)7(11)12-8(14)13(10)4/h6H2,1-5H3,(H2,11,12,14). The summed E-state index contributed by atoms with van der Waals surface area (Å²) >= 11 is 0. The topological polar surface area (TPSA) is 65.4 Å². The van der Waals surface area contributed by atoms with Gasteiger partial charge in [-0.3, -0.25) is 10.7 Å². The lowest BCUT2D eigenvalue weighted by Gasteiger charge is -2.36. The zero-order valence-electron chi connectivity index (χ0n) is 9.97. The molecule has 0 aromatic heterocycles. The average Bonchev–Trinajstić information content (AvgIpc) is 2.30. The fraction of sp³-hybridized carbons (Fsp3) is 0.800. The zero-order valence-corrected chi connectivity index (χ0v) is 9.97. The summed E-state index contributed by atoms with van der Waals surface area (Å²) in [6, 6.07) is -0.227. The summed E-state index contributed by atoms with van der Waals surface area (Å²) in [5, 5.41) is 10.3. The first-order valence-corrected chi connectivity index (χ1v) is 4.92. The SMILES string of the molecule is COC(C)(C)CC1(C)C(=N)NC(=O)N1C. The quantitative estimate of drug-likeness (QED) is 0.739. The van der Waals surface area contributed by atoms with E-state index in [4.69, 9.17) is 10.1 Å². The predicted molar refractivity (Wildman–Crippen MR) is 58.1 cm³/mol. The number of urea groups is 1. The molecule has 2 N–H and O–H groups in total. The molecule has 86 valence electrons. The highest BCUT2D eigenvalue weighted by Crippen LogP contribution is 2.30. The Morgan fingerprint density at radius 2 is 2.13 bits per heavy atom. The van der Waals surface area contributed by atoms with Crippen LogP contribution in [0, 0.1) is 5.41 Å². The lowest BCUT2D eigenvalue weighted by Crippen LogP contribution is -2.49. The number of amidine groups is 1. The first-order chi connectivity index (χ1) is 6.73. The van der Waals surface area contributed by atoms with Crippen LogP contribution in [-0.4, -0.2) is 42.1 Å². The van der Waals surface area contributed by atoms with Crippen LogP contribution >= 0.6 is 0 Å². The van der Waals surface area contributed by atoms with Gasteiger partial charge in [-0.15, -0.1) is 0 Å². The maximum atomic E-state index is 11.4. The van der Waals surface area contributed by atoms with Gasteiger partial charge in [0.15, 0.2) is 0 Å². The number of amides is 2. The molecule has 1 saturated heterocycles. The first-order valence-electron chi connectivity index (χ1n) is 4.92. The Morgan fingerprint density at radius 3 is 2.47 bits per heavy atom. The summed E-state index contributed by atoms with van der Waals surface area (Å²) in [6.45, 7) is 5.76. The molecule has 1 rings (SSSR count). The zero-order chi connectivity index (χ0) is 11.9. The Morgan fingerprint density at radius 1 is 1.60 bits per heavy atom. The predicted octanol–water partition coefficient (Wildman–Crippen LogP) is 1.19. The van der Waals surface area contributed by atoms with Crippen molar-refractivity contribution in [3.63, 3.8) is 0 Å². The van der Waals surface area contributed by atoms with E-state index in [2.05, 4.69) is 5.32 Å². The van der Waals surface area contributed by atoms with Crippen LogP contribution in [0.4, 0.5) is 4.79 Å². The van der Waals surface area contributed by atoms with Gasteiger partial charge in [-0.2, -0.15) is 0 Å². The molecule has 1 atom stereocenters. The number of nitrogens with zero attached hydrogens (tertiary/aromatic N) is 1. The Hall–Kier alpha value is -1.10. The number of methoxy groups -OCH3 is 1. The van der Waals surface area contributed by atoms with E-state index >= 15 is 0 Å². The van der Waals surface area contributed by atoms with E-state index < -0.39 is 5.54 Å². The van der Waals surface area contributed by atoms with Gasteiger partial charge in [0.2, 0.25) is 0 Å². The number of hydrogen-bond acceptors (Lipinski definition) is 3. The molecule has 0 spiro atoms. The number of ether oxygens (including phenoxy) is 1. The molecule has 2 amide bonds. The number of rotatable bonds is 3. The molecular weight excluding hydrogens is 194 g/mol. The van der Waals surface area contributed by atoms with Crippen molar-refractivity contribution in [3.05, 3.63) is 0 Å². The van der Waals surface area contributed by atoms with Crippen molar-refractivity contribution in [1.29, 1.82) is 5.41 Å². The molecule has 15 heavy (non-hydrogen) atoms. The van der Waals surface area contributed by atoms with Gasteiger partial charge < -0.3 is 9.64 Å². The van der Waals surface area contributed by atoms with Gasteiger partial charge in [-0.1, -0.05) is 0 Å². The summed E-state index contributed by atoms with van der Waals surface area (Å²) in [6.07, 6.45) is 0.588. The van der Waals surface area contributed by atoms with Gasteiger partial charge in [0.1, 0.15) is 11.4 Å². The summed E-state index contributed by atoms with van der Waals surface area (Å²) in [5.41, 5.74) is -0.960. The molecule has 0 saturated carbocycles. The minimum Gasteiger partial charge on any atom is -0.379 e. The van der Waals surface area contributed by atoms with Crippen LogP contribution in [0.25, 0.3) is 0 Å². The number of carbonyl (C=O) groups excluding carboxylic acids is 1. The lowest BCUT2D eigenvalue weighted by molar-refractivity contribution is -0.00623. The maximum Gasteiger partial charge on any atom is 0.323 e. The molecule has 0 aromatic carbocycles. The first kappa shape index (κ1) is 12.0. The van der Waals surface area contributed by atoms with E-state index in [-0.39, 0.29) is 17.5 Å². The van der Waals surface area contributed by atoms with Crippen LogP contribution < -0.4 is 5.32 Å². The fourth-order valence-corrected chi connectivity index (χ4v) is 1.83. The fourth-order valence-electron chi connectivity index (χ4n) is 1.83. The Labute approximate surface area is 90.3 Å². The Bertz CT molecular complexity index is 301. The molecule has 0 bridgehead atoms. The lowest BCUT2D eigenvalue weighted by atomic mass is 9.86. The van der Waals surface area contributed by atoms with Crippen LogP contribution in [-0.2, 0) is 4.74 Å². The molecule has 1 aliphatic heterocycles. The van der Waals surface area contributed by atoms with Gasteiger partial charge in [0.05, 0.1) is 5.60 Å². The van der Waals surface area contributed by atoms with Crippen molar-refractivity contribution in [2.45, 2.75) is 38.3 Å². The van der Waals surface area contributed by atoms with Gasteiger partial charge in [-0.25, -0.2) is 4.79 Å². The monoisotopic (exact) mass is 213 g/mol. The van der Waals surface area contributed by atoms with Gasteiger partial charge in [-0.05, 0) is 20.8 Å². The summed E-state index contributed by atoms with van der Waals surface area (Å²) in [7, 11) is 3.33. The third-order valence-electron chi connectivity index (χ3n) is 3.14. The van der Waals surface area contributed by atoms with Crippen molar-refractivity contribution >= 4 is 11.9 Å². The van der Waals surface area contributed by atoms with Crippen molar-refractivity contribution in [3.8, 4) is 0 Å². The Balaban J connectivity index is 2.92. The van der Waals surface area contributed by atoms with Gasteiger partial charge >= 0.3 is 6.03 Å². The molecule has 5 heteroatoms. The highest BCUT2D eigenvalue weighted by molar-refractivity contribution is 6.08. The van der Waals surface area contributed by atoms with E-state index in [1.807, 2.05) is 20.8 Å². The number of carbonyl (C=O) groups is 1. The minimum atomic E-state index is -0.601. The molecule has 1 fully saturated rings. The van der Waals surface area contributed by atoms with Crippen molar-refractivity contribution < 1.29 is 9.53 Å². The van der Waals surface area contributed by atoms with Crippen LogP contribution in [0.1, 0.15) is 27.2 Å². The number of likely N-dealkylation sites (N-methyl/N-ethyl adjacent to an activating group) is 1. The highest BCUT2D eigenvalue weighted by Gasteiger charge is 2.47. The van der Waals surface area contributed by atoms with E-state index in [0.29, 0.717) is 6.42 Å². The maximum absolute atomic E-state index is 11.4. The van der Waals surface area contributed by atoms with Crippen LogP contribution in [0.5, 0.6) is 0 Å². The van der Waals surface area contributed by atoms with Crippen LogP contribution in [0.15, 0.2) is 0 Å². The van der Waals surface area contributed by atoms with Crippen molar-refractivity contribution in [1.82, 2.24) is 10.2 Å². The molecule has 0 radical (unpaired) electrons. The molecule has 1 aliphatic rings. The van der Waals surface area contributed by atoms with E-state index in [1.165, 1.54) is 0 Å². The van der Waals surface area contributed by atoms with Crippen molar-refractivity contribution in [2.24, 2.45) is 0 Å². The molecular formula is C10H19N3O2. The molecule has 0 aliphatic carbocycles. The third-order valence-corrected chi connectivity index (χ3v) is 3.14. The smallest absolute Gasteiger partial charge is 0.323 e. The van der Waals surface area contributed by atoms with Gasteiger partial charge in [0, 0.05) is 20.6 Å². The largest absolute Gasteiger partial charge is 0.379 e. The molecule has 0 aromatic rings. The average molecular weight is 213 g/mol. The number of nitrogens with one attached hydrogen (secondary N) is 2. The summed E-state index contributed by atoms with van der Waals surface area (Å²) in [5.74, 6) is 0.236. The second-order valence-corrected chi connectivity index (χ2v) is 4.78. The van der Waals surface area contributed by atoms with Crippen LogP contribution in [0.3, 0.4) is 0 Å². The van der Waals surface area contributed by atoms with E-state index in [0.717, 1.165) is 0 Å². The van der Waals surface area contributed by atoms with E-state index in [9.17, 15) is 4.79 Å². The van der Waals surface area contributed by atoms with Crippen LogP contribution in [0.2, 0.25) is 0 Å². The summed E-state index contributed by atoms with van der Waals surface area (Å²) < 4.78 is 5.33. The molecule has 1 unspecified atom stereocenters. The Kier molecular flexibility index (Phi) is 2.78. The number of hydrogen-bond donors (Lipinski definition) is 2. The third kappa shape index (κ3) is 1.97. The minimum absolute atomic E-state index is 0.227. The molecule has 5 nitrogen and oxygen atoms in total. The molecule has 1 heterocycles.